The number of rotatable bonds is 15. The Hall–Kier alpha value is -5.91. The van der Waals surface area contributed by atoms with Gasteiger partial charge >= 0.3 is 0 Å². The van der Waals surface area contributed by atoms with Crippen LogP contribution in [0.5, 0.6) is 5.75 Å². The first-order chi connectivity index (χ1) is 23.5. The van der Waals surface area contributed by atoms with Gasteiger partial charge in [0.1, 0.15) is 11.6 Å². The second kappa shape index (κ2) is 16.1. The molecule has 1 heterocycles. The molecule has 0 radical (unpaired) electrons. The van der Waals surface area contributed by atoms with Crippen LogP contribution in [0.25, 0.3) is 20.9 Å². The maximum absolute atomic E-state index is 14.5. The molecule has 4 aromatic carbocycles. The zero-order valence-corrected chi connectivity index (χ0v) is 25.7. The number of aliphatic hydroxyl groups excluding tert-OH is 1. The van der Waals surface area contributed by atoms with E-state index >= 15 is 0 Å². The second-order valence-electron chi connectivity index (χ2n) is 10.8. The van der Waals surface area contributed by atoms with Crippen molar-refractivity contribution in [3.63, 3.8) is 0 Å². The minimum Gasteiger partial charge on any atom is -0.494 e. The number of amides is 1. The molecule has 48 heavy (non-hydrogen) atoms. The lowest BCUT2D eigenvalue weighted by atomic mass is 9.80. The Morgan fingerprint density at radius 3 is 2.52 bits per heavy atom. The summed E-state index contributed by atoms with van der Waals surface area (Å²) < 4.78 is 26.1. The molecule has 4 aromatic rings. The smallest absolute Gasteiger partial charge is 0.266 e. The van der Waals surface area contributed by atoms with Crippen molar-refractivity contribution in [1.82, 2.24) is 10.9 Å². The van der Waals surface area contributed by atoms with Gasteiger partial charge in [-0.25, -0.2) is 14.8 Å². The van der Waals surface area contributed by atoms with Crippen molar-refractivity contribution in [3.8, 4) is 5.75 Å². The Balaban J connectivity index is 1.61. The van der Waals surface area contributed by atoms with E-state index in [4.69, 9.17) is 25.1 Å². The van der Waals surface area contributed by atoms with Gasteiger partial charge in [-0.3, -0.25) is 10.2 Å². The fraction of sp³-hybridized carbons (Fsp3) is 0.235. The van der Waals surface area contributed by atoms with Gasteiger partial charge in [-0.2, -0.15) is 0 Å². The predicted octanol–water partition coefficient (Wildman–Crippen LogP) is 6.66. The van der Waals surface area contributed by atoms with Crippen molar-refractivity contribution in [2.75, 3.05) is 13.2 Å². The van der Waals surface area contributed by atoms with E-state index in [1.165, 1.54) is 12.1 Å². The van der Waals surface area contributed by atoms with Crippen molar-refractivity contribution in [2.45, 2.75) is 37.6 Å². The molecule has 0 spiro atoms. The highest BCUT2D eigenvalue weighted by Gasteiger charge is 2.54. The molecule has 0 fully saturated rings. The molecule has 5 rings (SSSR count). The number of hydrazine groups is 1. The molecule has 13 nitrogen and oxygen atoms in total. The van der Waals surface area contributed by atoms with Crippen LogP contribution >= 0.6 is 0 Å². The predicted molar refractivity (Wildman–Crippen MR) is 176 cm³/mol. The standard InChI is InChI=1S/C34H32FN9O4/c35-27-10-5-7-23(19-27)21-38-42-33(46)34(20-25-8-2-4-12-30(25)41-44-37)31(29-11-3-1-9-26(29)22-39-43-36)48-32(40-34)24-13-15-28(16-14-24)47-18-6-17-45/h1-5,7-16,19,31,38,45H,6,17-18,20-22H2,(H,42,46)/t31-,34-/m0/s1. The largest absolute Gasteiger partial charge is 0.494 e. The summed E-state index contributed by atoms with van der Waals surface area (Å²) in [5.74, 6) is -0.234. The van der Waals surface area contributed by atoms with Crippen molar-refractivity contribution >= 4 is 17.5 Å². The van der Waals surface area contributed by atoms with Gasteiger partial charge in [-0.15, -0.1) is 0 Å². The fourth-order valence-corrected chi connectivity index (χ4v) is 5.38. The summed E-state index contributed by atoms with van der Waals surface area (Å²) in [7, 11) is 0. The first-order valence-corrected chi connectivity index (χ1v) is 15.1. The monoisotopic (exact) mass is 649 g/mol. The van der Waals surface area contributed by atoms with Gasteiger partial charge in [0.2, 0.25) is 5.90 Å². The van der Waals surface area contributed by atoms with E-state index in [9.17, 15) is 14.7 Å². The number of ether oxygens (including phenoxy) is 2. The fourth-order valence-electron chi connectivity index (χ4n) is 5.38. The molecule has 0 bridgehead atoms. The lowest BCUT2D eigenvalue weighted by molar-refractivity contribution is -0.130. The minimum absolute atomic E-state index is 0.00737. The van der Waals surface area contributed by atoms with Crippen molar-refractivity contribution < 1.29 is 23.8 Å². The van der Waals surface area contributed by atoms with Crippen LogP contribution in [0.4, 0.5) is 10.1 Å². The molecule has 14 heteroatoms. The quantitative estimate of drug-likeness (QED) is 0.0426. The van der Waals surface area contributed by atoms with Crippen LogP contribution in [-0.4, -0.2) is 35.7 Å². The highest BCUT2D eigenvalue weighted by Crippen LogP contribution is 2.44. The average Bonchev–Trinajstić information content (AvgIpc) is 3.49. The summed E-state index contributed by atoms with van der Waals surface area (Å²) in [6.07, 6.45) is -0.605. The van der Waals surface area contributed by atoms with Gasteiger partial charge in [0.25, 0.3) is 5.91 Å². The summed E-state index contributed by atoms with van der Waals surface area (Å²) in [5.41, 5.74) is 25.5. The highest BCUT2D eigenvalue weighted by atomic mass is 19.1. The molecule has 1 aliphatic rings. The number of hydrogen-bond donors (Lipinski definition) is 3. The first kappa shape index (κ1) is 33.5. The third-order valence-corrected chi connectivity index (χ3v) is 7.66. The first-order valence-electron chi connectivity index (χ1n) is 15.1. The van der Waals surface area contributed by atoms with E-state index in [1.54, 1.807) is 84.9 Å². The third-order valence-electron chi connectivity index (χ3n) is 7.66. The number of carbonyl (C=O) groups is 1. The van der Waals surface area contributed by atoms with Gasteiger partial charge in [0.15, 0.2) is 11.6 Å². The number of halogens is 1. The normalized spacial score (nSPS) is 16.5. The molecule has 244 valence electrons. The Morgan fingerprint density at radius 2 is 1.77 bits per heavy atom. The summed E-state index contributed by atoms with van der Waals surface area (Å²) in [6, 6.07) is 27.0. The molecule has 0 aliphatic carbocycles. The molecule has 1 amide bonds. The number of aliphatic imine (C=N–C) groups is 1. The Morgan fingerprint density at radius 1 is 1.00 bits per heavy atom. The van der Waals surface area contributed by atoms with E-state index < -0.39 is 23.4 Å². The molecular weight excluding hydrogens is 617 g/mol. The summed E-state index contributed by atoms with van der Waals surface area (Å²) in [6.45, 7) is 0.456. The minimum atomic E-state index is -1.69. The summed E-state index contributed by atoms with van der Waals surface area (Å²) >= 11 is 0. The number of nitrogens with zero attached hydrogens (tertiary/aromatic N) is 7. The van der Waals surface area contributed by atoms with E-state index in [1.807, 2.05) is 0 Å². The van der Waals surface area contributed by atoms with E-state index in [2.05, 4.69) is 30.9 Å². The summed E-state index contributed by atoms with van der Waals surface area (Å²) in [5, 5.41) is 16.7. The Labute approximate surface area is 275 Å². The number of carbonyl (C=O) groups excluding carboxylic acids is 1. The molecule has 1 aliphatic heterocycles. The lowest BCUT2D eigenvalue weighted by Crippen LogP contribution is -2.53. The topological polar surface area (TPSA) is 190 Å². The number of nitrogens with one attached hydrogen (secondary N) is 2. The second-order valence-corrected chi connectivity index (χ2v) is 10.8. The van der Waals surface area contributed by atoms with Crippen LogP contribution in [0.2, 0.25) is 0 Å². The highest BCUT2D eigenvalue weighted by molar-refractivity contribution is 6.01. The molecule has 0 saturated heterocycles. The molecule has 0 unspecified atom stereocenters. The van der Waals surface area contributed by atoms with Crippen LogP contribution < -0.4 is 15.6 Å². The van der Waals surface area contributed by atoms with Crippen molar-refractivity contribution in [2.24, 2.45) is 15.2 Å². The maximum atomic E-state index is 14.5. The van der Waals surface area contributed by atoms with E-state index in [-0.39, 0.29) is 32.0 Å². The number of azide groups is 2. The van der Waals surface area contributed by atoms with Crippen molar-refractivity contribution in [1.29, 1.82) is 0 Å². The van der Waals surface area contributed by atoms with Crippen LogP contribution in [0.1, 0.15) is 40.3 Å². The van der Waals surface area contributed by atoms with E-state index in [0.717, 1.165) is 0 Å². The van der Waals surface area contributed by atoms with Gasteiger partial charge in [0.05, 0.1) is 13.2 Å². The zero-order valence-electron chi connectivity index (χ0n) is 25.7. The molecule has 2 atom stereocenters. The Kier molecular flexibility index (Phi) is 11.2. The molecular formula is C34H32FN9O4. The average molecular weight is 650 g/mol. The number of hydrogen-bond acceptors (Lipinski definition) is 8. The molecule has 0 saturated carbocycles. The van der Waals surface area contributed by atoms with Crippen molar-refractivity contribution in [3.05, 3.63) is 152 Å². The van der Waals surface area contributed by atoms with Crippen LogP contribution in [-0.2, 0) is 29.0 Å². The van der Waals surface area contributed by atoms with Crippen LogP contribution in [0.15, 0.2) is 112 Å². The van der Waals surface area contributed by atoms with Gasteiger partial charge in [-0.05, 0) is 69.7 Å². The molecule has 0 aromatic heterocycles. The molecule has 3 N–H and O–H groups in total. The SMILES string of the molecule is [N-]=[N+]=NCc1ccccc1[C@@H]1OC(c2ccc(OCCCO)cc2)=N[C@]1(Cc1ccccc1N=[N+]=[N-])C(=O)NNCc1cccc(F)c1. The third kappa shape index (κ3) is 7.89. The summed E-state index contributed by atoms with van der Waals surface area (Å²) in [4.78, 5) is 25.4. The van der Waals surface area contributed by atoms with E-state index in [0.29, 0.717) is 52.3 Å². The van der Waals surface area contributed by atoms with Crippen LogP contribution in [0.3, 0.4) is 0 Å². The van der Waals surface area contributed by atoms with Gasteiger partial charge in [-0.1, -0.05) is 70.9 Å². The number of aliphatic hydroxyl groups is 1. The lowest BCUT2D eigenvalue weighted by Gasteiger charge is -2.32. The van der Waals surface area contributed by atoms with Crippen LogP contribution in [0, 0.1) is 5.82 Å². The number of benzene rings is 4. The zero-order chi connectivity index (χ0) is 33.8. The maximum Gasteiger partial charge on any atom is 0.266 e. The van der Waals surface area contributed by atoms with Gasteiger partial charge < -0.3 is 14.6 Å². The van der Waals surface area contributed by atoms with Gasteiger partial charge in [0, 0.05) is 47.1 Å². The Bertz CT molecular complexity index is 1870.